The minimum atomic E-state index is -0.0486. The number of nitrogens with one attached hydrogen (secondary N) is 2. The first-order valence-electron chi connectivity index (χ1n) is 7.72. The summed E-state index contributed by atoms with van der Waals surface area (Å²) in [7, 11) is 0. The van der Waals surface area contributed by atoms with Crippen molar-refractivity contribution in [3.8, 4) is 0 Å². The summed E-state index contributed by atoms with van der Waals surface area (Å²) in [6.45, 7) is 7.55. The molecule has 4 nitrogen and oxygen atoms in total. The third-order valence-electron chi connectivity index (χ3n) is 3.39. The van der Waals surface area contributed by atoms with E-state index in [0.717, 1.165) is 19.4 Å². The number of urea groups is 1. The fraction of sp³-hybridized carbons (Fsp3) is 0.933. The zero-order valence-corrected chi connectivity index (χ0v) is 12.7. The summed E-state index contributed by atoms with van der Waals surface area (Å²) >= 11 is 0. The van der Waals surface area contributed by atoms with Crippen LogP contribution in [0.1, 0.15) is 59.3 Å². The van der Waals surface area contributed by atoms with Crippen LogP contribution in [0.15, 0.2) is 0 Å². The molecule has 0 aromatic heterocycles. The second-order valence-corrected chi connectivity index (χ2v) is 6.14. The molecule has 1 aliphatic rings. The fourth-order valence-corrected chi connectivity index (χ4v) is 2.40. The molecule has 112 valence electrons. The van der Waals surface area contributed by atoms with E-state index in [-0.39, 0.29) is 12.1 Å². The van der Waals surface area contributed by atoms with Crippen LogP contribution in [0, 0.1) is 5.92 Å². The van der Waals surface area contributed by atoms with Gasteiger partial charge in [-0.15, -0.1) is 0 Å². The number of rotatable bonds is 6. The number of carbonyl (C=O) groups is 1. The van der Waals surface area contributed by atoms with E-state index in [1.165, 1.54) is 25.7 Å². The monoisotopic (exact) mass is 270 g/mol. The van der Waals surface area contributed by atoms with Gasteiger partial charge in [-0.3, -0.25) is 0 Å². The molecule has 19 heavy (non-hydrogen) atoms. The first-order valence-corrected chi connectivity index (χ1v) is 7.72. The van der Waals surface area contributed by atoms with Gasteiger partial charge in [0.1, 0.15) is 0 Å². The number of amides is 2. The van der Waals surface area contributed by atoms with Crippen molar-refractivity contribution in [2.24, 2.45) is 5.92 Å². The summed E-state index contributed by atoms with van der Waals surface area (Å²) in [5.41, 5.74) is 0. The minimum absolute atomic E-state index is 0.0486. The Morgan fingerprint density at radius 1 is 1.11 bits per heavy atom. The zero-order chi connectivity index (χ0) is 14.1. The highest BCUT2D eigenvalue weighted by Gasteiger charge is 2.15. The van der Waals surface area contributed by atoms with Crippen LogP contribution in [0.5, 0.6) is 0 Å². The lowest BCUT2D eigenvalue weighted by molar-refractivity contribution is 0.0952. The van der Waals surface area contributed by atoms with E-state index in [9.17, 15) is 4.79 Å². The molecule has 1 aliphatic carbocycles. The van der Waals surface area contributed by atoms with Gasteiger partial charge in [-0.05, 0) is 25.7 Å². The third kappa shape index (κ3) is 8.09. The van der Waals surface area contributed by atoms with Gasteiger partial charge in [-0.25, -0.2) is 4.79 Å². The quantitative estimate of drug-likeness (QED) is 0.729. The van der Waals surface area contributed by atoms with E-state index in [2.05, 4.69) is 24.5 Å². The Morgan fingerprint density at radius 3 is 2.32 bits per heavy atom. The topological polar surface area (TPSA) is 50.4 Å². The van der Waals surface area contributed by atoms with Gasteiger partial charge >= 0.3 is 6.03 Å². The van der Waals surface area contributed by atoms with Crippen LogP contribution < -0.4 is 10.6 Å². The van der Waals surface area contributed by atoms with Crippen molar-refractivity contribution in [2.75, 3.05) is 13.2 Å². The molecule has 2 N–H and O–H groups in total. The molecule has 0 heterocycles. The maximum absolute atomic E-state index is 11.9. The van der Waals surface area contributed by atoms with Crippen molar-refractivity contribution in [1.82, 2.24) is 10.6 Å². The normalized spacial score (nSPS) is 18.9. The number of ether oxygens (including phenoxy) is 1. The third-order valence-corrected chi connectivity index (χ3v) is 3.39. The molecule has 1 rings (SSSR count). The van der Waals surface area contributed by atoms with Crippen LogP contribution in [-0.2, 0) is 4.74 Å². The molecule has 0 radical (unpaired) electrons. The first kappa shape index (κ1) is 16.3. The minimum Gasteiger partial charge on any atom is -0.379 e. The Hall–Kier alpha value is -0.770. The number of carbonyl (C=O) groups excluding carboxylic acids is 1. The molecule has 0 saturated heterocycles. The van der Waals surface area contributed by atoms with E-state index in [1.807, 2.05) is 6.92 Å². The van der Waals surface area contributed by atoms with E-state index in [1.54, 1.807) is 0 Å². The summed E-state index contributed by atoms with van der Waals surface area (Å²) in [6, 6.07) is 0.364. The van der Waals surface area contributed by atoms with Gasteiger partial charge in [-0.1, -0.05) is 39.5 Å². The largest absolute Gasteiger partial charge is 0.379 e. The van der Waals surface area contributed by atoms with Crippen LogP contribution >= 0.6 is 0 Å². The van der Waals surface area contributed by atoms with Crippen molar-refractivity contribution < 1.29 is 9.53 Å². The van der Waals surface area contributed by atoms with Crippen molar-refractivity contribution in [1.29, 1.82) is 0 Å². The molecule has 2 amide bonds. The van der Waals surface area contributed by atoms with Gasteiger partial charge in [-0.2, -0.15) is 0 Å². The summed E-state index contributed by atoms with van der Waals surface area (Å²) in [6.07, 6.45) is 7.31. The molecule has 0 bridgehead atoms. The molecular weight excluding hydrogens is 240 g/mol. The zero-order valence-electron chi connectivity index (χ0n) is 12.7. The highest BCUT2D eigenvalue weighted by atomic mass is 16.5. The maximum atomic E-state index is 11.9. The van der Waals surface area contributed by atoms with Gasteiger partial charge in [0.25, 0.3) is 0 Å². The Bertz CT molecular complexity index is 249. The summed E-state index contributed by atoms with van der Waals surface area (Å²) in [4.78, 5) is 11.9. The summed E-state index contributed by atoms with van der Waals surface area (Å²) in [5, 5.41) is 6.03. The van der Waals surface area contributed by atoms with Crippen molar-refractivity contribution in [3.63, 3.8) is 0 Å². The molecule has 1 unspecified atom stereocenters. The molecule has 0 aromatic carbocycles. The molecule has 4 heteroatoms. The van der Waals surface area contributed by atoms with E-state index < -0.39 is 0 Å². The molecule has 1 atom stereocenters. The fourth-order valence-electron chi connectivity index (χ4n) is 2.40. The highest BCUT2D eigenvalue weighted by molar-refractivity contribution is 5.74. The van der Waals surface area contributed by atoms with Gasteiger partial charge in [0, 0.05) is 12.6 Å². The molecule has 0 aromatic rings. The van der Waals surface area contributed by atoms with Gasteiger partial charge in [0.05, 0.1) is 12.6 Å². The highest BCUT2D eigenvalue weighted by Crippen LogP contribution is 2.16. The Balaban J connectivity index is 2.14. The first-order chi connectivity index (χ1) is 9.08. The van der Waals surface area contributed by atoms with Gasteiger partial charge in [0.2, 0.25) is 0 Å². The van der Waals surface area contributed by atoms with E-state index in [4.69, 9.17) is 4.74 Å². The Labute approximate surface area is 117 Å². The second kappa shape index (κ2) is 9.18. The number of hydrogen-bond donors (Lipinski definition) is 2. The SMILES string of the molecule is CC(C)COCC(C)NC(=O)NC1CCCCCC1. The Kier molecular flexibility index (Phi) is 7.87. The predicted octanol–water partition coefficient (Wildman–Crippen LogP) is 3.07. The van der Waals surface area contributed by atoms with Gasteiger partial charge in [0.15, 0.2) is 0 Å². The smallest absolute Gasteiger partial charge is 0.315 e. The standard InChI is InChI=1S/C15H30N2O2/c1-12(2)10-19-11-13(3)16-15(18)17-14-8-6-4-5-7-9-14/h12-14H,4-11H2,1-3H3,(H2,16,17,18). The lowest BCUT2D eigenvalue weighted by Gasteiger charge is -2.20. The average molecular weight is 270 g/mol. The van der Waals surface area contributed by atoms with Crippen LogP contribution in [0.4, 0.5) is 4.79 Å². The Morgan fingerprint density at radius 2 is 1.74 bits per heavy atom. The lowest BCUT2D eigenvalue weighted by atomic mass is 10.1. The summed E-state index contributed by atoms with van der Waals surface area (Å²) < 4.78 is 5.53. The van der Waals surface area contributed by atoms with Crippen molar-refractivity contribution >= 4 is 6.03 Å². The maximum Gasteiger partial charge on any atom is 0.315 e. The van der Waals surface area contributed by atoms with Crippen molar-refractivity contribution in [2.45, 2.75) is 71.4 Å². The second-order valence-electron chi connectivity index (χ2n) is 6.14. The van der Waals surface area contributed by atoms with Crippen LogP contribution in [0.25, 0.3) is 0 Å². The molecule has 1 saturated carbocycles. The van der Waals surface area contributed by atoms with Crippen LogP contribution in [0.2, 0.25) is 0 Å². The average Bonchev–Trinajstić information content (AvgIpc) is 2.56. The molecule has 0 aliphatic heterocycles. The van der Waals surface area contributed by atoms with Gasteiger partial charge < -0.3 is 15.4 Å². The van der Waals surface area contributed by atoms with Crippen LogP contribution in [0.3, 0.4) is 0 Å². The molecule has 1 fully saturated rings. The summed E-state index contributed by atoms with van der Waals surface area (Å²) in [5.74, 6) is 0.534. The molecule has 0 spiro atoms. The van der Waals surface area contributed by atoms with E-state index >= 15 is 0 Å². The number of hydrogen-bond acceptors (Lipinski definition) is 2. The van der Waals surface area contributed by atoms with Crippen LogP contribution in [-0.4, -0.2) is 31.3 Å². The van der Waals surface area contributed by atoms with Crippen molar-refractivity contribution in [3.05, 3.63) is 0 Å². The lowest BCUT2D eigenvalue weighted by Crippen LogP contribution is -2.46. The van der Waals surface area contributed by atoms with E-state index in [0.29, 0.717) is 18.6 Å². The molecular formula is C15H30N2O2. The predicted molar refractivity (Wildman–Crippen MR) is 78.3 cm³/mol.